The molecule has 5 heteroatoms. The van der Waals surface area contributed by atoms with Gasteiger partial charge in [0, 0.05) is 38.2 Å². The van der Waals surface area contributed by atoms with Gasteiger partial charge in [-0.3, -0.25) is 0 Å². The Morgan fingerprint density at radius 2 is 0.885 bits per heavy atom. The van der Waals surface area contributed by atoms with Gasteiger partial charge in [-0.2, -0.15) is 0 Å². The SMILES string of the molecule is c1ccc(-c2nc(-c3ccc4ccccc4c3)nc(-c3cccc4oc5ccc(-c6cccc7oc8cc9ccccc9cc8c67)cc5c34)n2)cc1. The largest absolute Gasteiger partial charge is 0.456 e. The summed E-state index contributed by atoms with van der Waals surface area (Å²) in [7, 11) is 0. The summed E-state index contributed by atoms with van der Waals surface area (Å²) in [5.74, 6) is 1.82. The number of benzene rings is 8. The van der Waals surface area contributed by atoms with E-state index in [0.717, 1.165) is 82.5 Å². The number of aromatic nitrogens is 3. The molecule has 3 aromatic heterocycles. The van der Waals surface area contributed by atoms with Gasteiger partial charge >= 0.3 is 0 Å². The van der Waals surface area contributed by atoms with Crippen LogP contribution >= 0.6 is 0 Å². The van der Waals surface area contributed by atoms with Crippen LogP contribution in [0, 0.1) is 0 Å². The average molecular weight is 666 g/mol. The van der Waals surface area contributed by atoms with Crippen molar-refractivity contribution in [2.75, 3.05) is 0 Å². The van der Waals surface area contributed by atoms with Gasteiger partial charge in [0.25, 0.3) is 0 Å². The molecule has 0 atom stereocenters. The van der Waals surface area contributed by atoms with Crippen molar-refractivity contribution >= 4 is 65.4 Å². The Hall–Kier alpha value is -7.11. The topological polar surface area (TPSA) is 65.0 Å². The minimum Gasteiger partial charge on any atom is -0.456 e. The van der Waals surface area contributed by atoms with Crippen molar-refractivity contribution in [1.29, 1.82) is 0 Å². The molecule has 5 nitrogen and oxygen atoms in total. The normalized spacial score (nSPS) is 11.8. The van der Waals surface area contributed by atoms with Crippen LogP contribution in [-0.4, -0.2) is 15.0 Å². The standard InChI is InChI=1S/C47H27N3O2/c1-2-11-29(12-3-1)45-48-46(34-21-20-28-10-4-5-13-30(28)24-34)50-47(49-45)36-17-9-19-41-44(36)37-26-33(22-23-39(37)51-41)35-16-8-18-40-43(35)38-25-31-14-6-7-15-32(31)27-42(38)52-40/h1-27H. The van der Waals surface area contributed by atoms with Gasteiger partial charge < -0.3 is 8.83 Å². The molecule has 242 valence electrons. The lowest BCUT2D eigenvalue weighted by atomic mass is 9.96. The van der Waals surface area contributed by atoms with Crippen molar-refractivity contribution in [3.8, 4) is 45.3 Å². The summed E-state index contributed by atoms with van der Waals surface area (Å²) in [6.07, 6.45) is 0. The Balaban J connectivity index is 1.13. The predicted octanol–water partition coefficient (Wildman–Crippen LogP) is 12.6. The van der Waals surface area contributed by atoms with Gasteiger partial charge in [-0.1, -0.05) is 121 Å². The first-order valence-electron chi connectivity index (χ1n) is 17.3. The van der Waals surface area contributed by atoms with Gasteiger partial charge in [0.1, 0.15) is 22.3 Å². The molecule has 0 aliphatic heterocycles. The van der Waals surface area contributed by atoms with Crippen molar-refractivity contribution in [3.63, 3.8) is 0 Å². The summed E-state index contributed by atoms with van der Waals surface area (Å²) in [5, 5.41) is 8.80. The molecule has 0 radical (unpaired) electrons. The maximum atomic E-state index is 6.48. The molecule has 0 N–H and O–H groups in total. The van der Waals surface area contributed by atoms with Gasteiger partial charge in [0.05, 0.1) is 0 Å². The van der Waals surface area contributed by atoms with Gasteiger partial charge in [-0.25, -0.2) is 15.0 Å². The number of nitrogens with zero attached hydrogens (tertiary/aromatic N) is 3. The van der Waals surface area contributed by atoms with Gasteiger partial charge in [0.15, 0.2) is 17.5 Å². The summed E-state index contributed by atoms with van der Waals surface area (Å²) in [5.41, 5.74) is 8.23. The Labute approximate surface area is 297 Å². The maximum absolute atomic E-state index is 6.48. The van der Waals surface area contributed by atoms with Crippen molar-refractivity contribution in [2.45, 2.75) is 0 Å². The van der Waals surface area contributed by atoms with E-state index in [1.807, 2.05) is 48.5 Å². The highest BCUT2D eigenvalue weighted by Crippen LogP contribution is 2.42. The Morgan fingerprint density at radius 3 is 1.67 bits per heavy atom. The van der Waals surface area contributed by atoms with E-state index in [9.17, 15) is 0 Å². The quantitative estimate of drug-likeness (QED) is 0.187. The highest BCUT2D eigenvalue weighted by atomic mass is 16.3. The molecule has 0 bridgehead atoms. The van der Waals surface area contributed by atoms with E-state index in [1.165, 1.54) is 10.8 Å². The summed E-state index contributed by atoms with van der Waals surface area (Å²) in [4.78, 5) is 15.2. The molecule has 11 rings (SSSR count). The third-order valence-electron chi connectivity index (χ3n) is 10.1. The summed E-state index contributed by atoms with van der Waals surface area (Å²) in [6.45, 7) is 0. The van der Waals surface area contributed by atoms with E-state index < -0.39 is 0 Å². The van der Waals surface area contributed by atoms with Gasteiger partial charge in [0.2, 0.25) is 0 Å². The van der Waals surface area contributed by atoms with E-state index in [1.54, 1.807) is 0 Å². The minimum atomic E-state index is 0.588. The second-order valence-electron chi connectivity index (χ2n) is 13.2. The number of hydrogen-bond donors (Lipinski definition) is 0. The lowest BCUT2D eigenvalue weighted by Gasteiger charge is -2.10. The minimum absolute atomic E-state index is 0.588. The zero-order valence-electron chi connectivity index (χ0n) is 27.7. The molecule has 3 heterocycles. The van der Waals surface area contributed by atoms with E-state index in [4.69, 9.17) is 23.8 Å². The fourth-order valence-electron chi connectivity index (χ4n) is 7.60. The average Bonchev–Trinajstić information content (AvgIpc) is 3.77. The molecule has 0 aliphatic rings. The van der Waals surface area contributed by atoms with Crippen LogP contribution in [0.2, 0.25) is 0 Å². The Morgan fingerprint density at radius 1 is 0.308 bits per heavy atom. The number of fused-ring (bicyclic) bond motifs is 8. The molecule has 0 aliphatic carbocycles. The lowest BCUT2D eigenvalue weighted by molar-refractivity contribution is 0.669. The smallest absolute Gasteiger partial charge is 0.164 e. The highest BCUT2D eigenvalue weighted by Gasteiger charge is 2.20. The Bertz CT molecular complexity index is 3190. The van der Waals surface area contributed by atoms with Crippen LogP contribution in [-0.2, 0) is 0 Å². The van der Waals surface area contributed by atoms with E-state index in [-0.39, 0.29) is 0 Å². The molecule has 0 amide bonds. The van der Waals surface area contributed by atoms with Crippen LogP contribution in [0.1, 0.15) is 0 Å². The molecular formula is C47H27N3O2. The lowest BCUT2D eigenvalue weighted by Crippen LogP contribution is -2.00. The van der Waals surface area contributed by atoms with Crippen molar-refractivity contribution in [2.24, 2.45) is 0 Å². The van der Waals surface area contributed by atoms with Crippen LogP contribution in [0.25, 0.3) is 111 Å². The van der Waals surface area contributed by atoms with Gasteiger partial charge in [-0.05, 0) is 75.1 Å². The fraction of sp³-hybridized carbons (Fsp3) is 0. The second-order valence-corrected chi connectivity index (χ2v) is 13.2. The van der Waals surface area contributed by atoms with Crippen molar-refractivity contribution < 1.29 is 8.83 Å². The van der Waals surface area contributed by atoms with E-state index in [0.29, 0.717) is 17.5 Å². The molecule has 0 fully saturated rings. The van der Waals surface area contributed by atoms with E-state index in [2.05, 4.69) is 115 Å². The third kappa shape index (κ3) is 4.53. The van der Waals surface area contributed by atoms with Crippen LogP contribution < -0.4 is 0 Å². The zero-order chi connectivity index (χ0) is 34.2. The van der Waals surface area contributed by atoms with Crippen molar-refractivity contribution in [3.05, 3.63) is 164 Å². The second kappa shape index (κ2) is 11.2. The van der Waals surface area contributed by atoms with Crippen LogP contribution in [0.4, 0.5) is 0 Å². The molecule has 0 spiro atoms. The Kier molecular flexibility index (Phi) is 6.18. The van der Waals surface area contributed by atoms with E-state index >= 15 is 0 Å². The van der Waals surface area contributed by atoms with Crippen molar-refractivity contribution in [1.82, 2.24) is 15.0 Å². The number of furan rings is 2. The predicted molar refractivity (Wildman–Crippen MR) is 211 cm³/mol. The molecule has 11 aromatic rings. The first kappa shape index (κ1) is 28.7. The molecular weight excluding hydrogens is 639 g/mol. The first-order chi connectivity index (χ1) is 25.7. The first-order valence-corrected chi connectivity index (χ1v) is 17.3. The molecule has 0 saturated carbocycles. The van der Waals surface area contributed by atoms with Crippen LogP contribution in [0.5, 0.6) is 0 Å². The molecule has 52 heavy (non-hydrogen) atoms. The highest BCUT2D eigenvalue weighted by molar-refractivity contribution is 6.17. The molecule has 8 aromatic carbocycles. The van der Waals surface area contributed by atoms with Gasteiger partial charge in [-0.15, -0.1) is 0 Å². The zero-order valence-corrected chi connectivity index (χ0v) is 27.7. The summed E-state index contributed by atoms with van der Waals surface area (Å²) >= 11 is 0. The monoisotopic (exact) mass is 665 g/mol. The summed E-state index contributed by atoms with van der Waals surface area (Å²) < 4.78 is 12.9. The molecule has 0 unspecified atom stereocenters. The van der Waals surface area contributed by atoms with Crippen LogP contribution in [0.15, 0.2) is 173 Å². The number of rotatable bonds is 4. The fourth-order valence-corrected chi connectivity index (χ4v) is 7.60. The third-order valence-corrected chi connectivity index (χ3v) is 10.1. The molecule has 0 saturated heterocycles. The van der Waals surface area contributed by atoms with Crippen LogP contribution in [0.3, 0.4) is 0 Å². The summed E-state index contributed by atoms with van der Waals surface area (Å²) in [6, 6.07) is 56.3. The maximum Gasteiger partial charge on any atom is 0.164 e. The number of hydrogen-bond acceptors (Lipinski definition) is 5.